The second kappa shape index (κ2) is 18.9. The molecule has 360 valence electrons. The molecule has 0 bridgehead atoms. The summed E-state index contributed by atoms with van der Waals surface area (Å²) in [6.45, 7) is 0. The Balaban J connectivity index is 0.000000170. The van der Waals surface area contributed by atoms with Crippen molar-refractivity contribution in [1.82, 2.24) is 0 Å². The molecule has 0 radical (unpaired) electrons. The summed E-state index contributed by atoms with van der Waals surface area (Å²) >= 11 is 15.2. The highest BCUT2D eigenvalue weighted by atomic mass is 79.9. The number of hydrogen-bond donors (Lipinski definition) is 0. The molecule has 0 spiro atoms. The minimum absolute atomic E-state index is 0.262. The van der Waals surface area contributed by atoms with Gasteiger partial charge < -0.3 is 0 Å². The monoisotopic (exact) mass is 1250 g/mol. The van der Waals surface area contributed by atoms with Gasteiger partial charge in [0.05, 0.1) is 58.5 Å². The molecule has 68 heavy (non-hydrogen) atoms. The molecule has 2 saturated carbocycles. The number of rotatable bonds is 8. The van der Waals surface area contributed by atoms with Crippen LogP contribution in [0.4, 0.5) is 0 Å². The van der Waals surface area contributed by atoms with Gasteiger partial charge in [0.2, 0.25) is 39.3 Å². The van der Waals surface area contributed by atoms with E-state index in [-0.39, 0.29) is 19.6 Å². The van der Waals surface area contributed by atoms with Crippen molar-refractivity contribution in [2.24, 2.45) is 21.7 Å². The summed E-state index contributed by atoms with van der Waals surface area (Å²) in [7, 11) is -14.9. The maximum atomic E-state index is 13.7. The Morgan fingerprint density at radius 3 is 0.897 bits per heavy atom. The Bertz CT molecular complexity index is 2960. The number of allylic oxidation sites excluding steroid dienone is 8. The van der Waals surface area contributed by atoms with Crippen LogP contribution in [-0.4, -0.2) is 53.0 Å². The maximum Gasteiger partial charge on any atom is 0.203 e. The molecule has 10 rings (SSSR count). The van der Waals surface area contributed by atoms with Crippen LogP contribution in [-0.2, 0) is 39.3 Å². The second-order valence-electron chi connectivity index (χ2n) is 18.9. The summed E-state index contributed by atoms with van der Waals surface area (Å²) < 4.78 is 110. The highest BCUT2D eigenvalue weighted by Crippen LogP contribution is 2.72. The van der Waals surface area contributed by atoms with Crippen molar-refractivity contribution in [2.45, 2.75) is 116 Å². The van der Waals surface area contributed by atoms with Crippen LogP contribution in [0.2, 0.25) is 0 Å². The fourth-order valence-electron chi connectivity index (χ4n) is 12.0. The van der Waals surface area contributed by atoms with E-state index in [1.807, 2.05) is 24.3 Å². The Morgan fingerprint density at radius 1 is 0.324 bits per heavy atom. The number of alkyl halides is 4. The van der Waals surface area contributed by atoms with E-state index >= 15 is 0 Å². The first-order valence-corrected chi connectivity index (χ1v) is 32.6. The topological polar surface area (TPSA) is 137 Å². The summed E-state index contributed by atoms with van der Waals surface area (Å²) in [5, 5.41) is 0. The molecule has 0 heterocycles. The van der Waals surface area contributed by atoms with Gasteiger partial charge in [0, 0.05) is 21.7 Å². The smallest absolute Gasteiger partial charge is 0.203 e. The fraction of sp³-hybridized carbons (Fsp3) is 0.385. The fourth-order valence-corrected chi connectivity index (χ4v) is 25.8. The summed E-state index contributed by atoms with van der Waals surface area (Å²) in [6.07, 6.45) is 18.3. The predicted octanol–water partition coefficient (Wildman–Crippen LogP) is 13.2. The van der Waals surface area contributed by atoms with E-state index in [9.17, 15) is 33.7 Å². The van der Waals surface area contributed by atoms with Crippen LogP contribution in [0.3, 0.4) is 0 Å². The van der Waals surface area contributed by atoms with E-state index in [2.05, 4.69) is 63.7 Å². The third kappa shape index (κ3) is 7.89. The third-order valence-electron chi connectivity index (χ3n) is 15.5. The minimum atomic E-state index is -3.74. The average Bonchev–Trinajstić information content (AvgIpc) is 3.91. The summed E-state index contributed by atoms with van der Waals surface area (Å²) in [4.78, 5) is 0.399. The Hall–Kier alpha value is -2.44. The number of hydrogen-bond acceptors (Lipinski definition) is 8. The van der Waals surface area contributed by atoms with E-state index in [1.165, 1.54) is 0 Å². The van der Waals surface area contributed by atoms with Gasteiger partial charge in [0.15, 0.2) is 0 Å². The Labute approximate surface area is 435 Å². The standard InChI is InChI=1S/2C26H26Br2O4S2/c27-23-22(34(31,32)20-13-7-4-8-14-20)18-26-16-10-2-1-9-15-25(23,26)17-21(24(26)28)33(29,30)19-11-5-3-6-12-19;27-23-21(33(29,30)19-11-5-3-6-12-19)17-25-15-9-1-2-10-16-26(23,25)24(28)22(18-25)34(31,32)20-13-7-4-8-14-20/h2*3-8,11-14,17-18,23-24H,1-2,9-10,15-16H2/t23?,24?,25-,26?;/m0./s1. The van der Waals surface area contributed by atoms with Gasteiger partial charge in [-0.1, -0.05) is 212 Å². The molecule has 6 atom stereocenters. The van der Waals surface area contributed by atoms with Crippen molar-refractivity contribution in [1.29, 1.82) is 0 Å². The summed E-state index contributed by atoms with van der Waals surface area (Å²) in [5.74, 6) is 0. The van der Waals surface area contributed by atoms with Crippen LogP contribution < -0.4 is 0 Å². The molecule has 5 unspecified atom stereocenters. The lowest BCUT2D eigenvalue weighted by Gasteiger charge is -2.46. The molecule has 2 fully saturated rings. The molecule has 0 amide bonds. The van der Waals surface area contributed by atoms with Gasteiger partial charge in [-0.25, -0.2) is 33.7 Å². The van der Waals surface area contributed by atoms with Gasteiger partial charge in [-0.05, 0) is 74.2 Å². The van der Waals surface area contributed by atoms with Crippen LogP contribution in [0.5, 0.6) is 0 Å². The quantitative estimate of drug-likeness (QED) is 0.159. The first-order chi connectivity index (χ1) is 32.3. The molecule has 0 saturated heterocycles. The van der Waals surface area contributed by atoms with E-state index in [0.717, 1.165) is 77.0 Å². The van der Waals surface area contributed by atoms with Crippen LogP contribution in [0.25, 0.3) is 0 Å². The highest BCUT2D eigenvalue weighted by Gasteiger charge is 2.69. The van der Waals surface area contributed by atoms with Crippen LogP contribution in [0.15, 0.2) is 185 Å². The third-order valence-corrected chi connectivity index (χ3v) is 29.4. The Morgan fingerprint density at radius 2 is 0.588 bits per heavy atom. The van der Waals surface area contributed by atoms with Crippen LogP contribution >= 0.6 is 63.7 Å². The average molecular weight is 1250 g/mol. The van der Waals surface area contributed by atoms with Crippen LogP contribution in [0, 0.1) is 21.7 Å². The lowest BCUT2D eigenvalue weighted by molar-refractivity contribution is 0.138. The minimum Gasteiger partial charge on any atom is -0.219 e. The summed E-state index contributed by atoms with van der Waals surface area (Å²) in [6, 6.07) is 34.0. The Kier molecular flexibility index (Phi) is 14.0. The van der Waals surface area contributed by atoms with Gasteiger partial charge in [0.25, 0.3) is 0 Å². The van der Waals surface area contributed by atoms with Crippen molar-refractivity contribution >= 4 is 103 Å². The first-order valence-electron chi connectivity index (χ1n) is 23.0. The molecule has 0 N–H and O–H groups in total. The molecule has 0 aliphatic heterocycles. The van der Waals surface area contributed by atoms with Gasteiger partial charge in [-0.2, -0.15) is 0 Å². The van der Waals surface area contributed by atoms with Gasteiger partial charge in [0.1, 0.15) is 0 Å². The molecule has 16 heteroatoms. The molecule has 4 aromatic carbocycles. The molecular weight excluding hydrogens is 1200 g/mol. The van der Waals surface area contributed by atoms with E-state index < -0.39 is 80.3 Å². The molecule has 8 nitrogen and oxygen atoms in total. The van der Waals surface area contributed by atoms with Crippen molar-refractivity contribution in [3.63, 3.8) is 0 Å². The zero-order valence-electron chi connectivity index (χ0n) is 37.1. The van der Waals surface area contributed by atoms with Crippen molar-refractivity contribution in [3.05, 3.63) is 165 Å². The SMILES string of the molecule is O=S(=O)(C1=CC23C=C(S(=O)(=O)c4ccccc4)C(Br)C2(CCCCCC3)C1Br)c1ccccc1.O=S(=O)(C1=C[C@]23CCCCCCC2(C=C(S(=O)(=O)c2ccccc2)C3Br)C1Br)c1ccccc1. The first kappa shape index (κ1) is 50.5. The largest absolute Gasteiger partial charge is 0.219 e. The second-order valence-corrected chi connectivity index (χ2v) is 30.4. The van der Waals surface area contributed by atoms with Gasteiger partial charge >= 0.3 is 0 Å². The van der Waals surface area contributed by atoms with E-state index in [0.29, 0.717) is 19.6 Å². The highest BCUT2D eigenvalue weighted by molar-refractivity contribution is 9.10. The zero-order chi connectivity index (χ0) is 48.4. The number of benzene rings is 4. The normalized spacial score (nSPS) is 31.6. The lowest BCUT2D eigenvalue weighted by atomic mass is 9.61. The van der Waals surface area contributed by atoms with Crippen molar-refractivity contribution < 1.29 is 33.7 Å². The molecule has 6 aliphatic rings. The van der Waals surface area contributed by atoms with Crippen molar-refractivity contribution in [3.8, 4) is 0 Å². The number of sulfone groups is 4. The maximum absolute atomic E-state index is 13.7. The molecule has 4 aromatic rings. The zero-order valence-corrected chi connectivity index (χ0v) is 46.7. The molecule has 6 aliphatic carbocycles. The van der Waals surface area contributed by atoms with Crippen molar-refractivity contribution in [2.75, 3.05) is 0 Å². The van der Waals surface area contributed by atoms with Gasteiger partial charge in [-0.15, -0.1) is 0 Å². The van der Waals surface area contributed by atoms with E-state index in [4.69, 9.17) is 0 Å². The predicted molar refractivity (Wildman–Crippen MR) is 283 cm³/mol. The molecular formula is C52H52Br4O8S4. The van der Waals surface area contributed by atoms with Gasteiger partial charge in [-0.3, -0.25) is 0 Å². The number of halogens is 4. The molecule has 0 aromatic heterocycles. The lowest BCUT2D eigenvalue weighted by Crippen LogP contribution is -2.46. The summed E-state index contributed by atoms with van der Waals surface area (Å²) in [5.41, 5.74) is -2.57. The van der Waals surface area contributed by atoms with E-state index in [1.54, 1.807) is 121 Å². The van der Waals surface area contributed by atoms with Crippen LogP contribution in [0.1, 0.15) is 77.0 Å².